The lowest BCUT2D eigenvalue weighted by Crippen LogP contribution is -2.34. The summed E-state index contributed by atoms with van der Waals surface area (Å²) in [5.41, 5.74) is 0. The van der Waals surface area contributed by atoms with Crippen molar-refractivity contribution in [1.82, 2.24) is 0 Å². The van der Waals surface area contributed by atoms with Crippen LogP contribution in [0.2, 0.25) is 39.3 Å². The van der Waals surface area contributed by atoms with Crippen LogP contribution in [0.3, 0.4) is 0 Å². The van der Waals surface area contributed by atoms with Crippen molar-refractivity contribution in [3.63, 3.8) is 0 Å². The lowest BCUT2D eigenvalue weighted by atomic mass is 10.3. The fraction of sp³-hybridized carbons (Fsp3) is 0.900. The minimum atomic E-state index is -1.86. The Morgan fingerprint density at radius 2 is 1.67 bits per heavy atom. The molecular formula is C10H24O3Si2. The van der Waals surface area contributed by atoms with Crippen LogP contribution in [-0.2, 0) is 13.6 Å². The van der Waals surface area contributed by atoms with Crippen LogP contribution >= 0.6 is 0 Å². The van der Waals surface area contributed by atoms with Crippen molar-refractivity contribution in [1.29, 1.82) is 0 Å². The first-order valence-corrected chi connectivity index (χ1v) is 12.0. The number of hydrogen-bond donors (Lipinski definition) is 0. The third-order valence-corrected chi connectivity index (χ3v) is 3.09. The molecule has 0 fully saturated rings. The van der Waals surface area contributed by atoms with E-state index in [1.807, 2.05) is 39.3 Å². The summed E-state index contributed by atoms with van der Waals surface area (Å²) in [7, 11) is -3.66. The van der Waals surface area contributed by atoms with Crippen LogP contribution in [0.15, 0.2) is 0 Å². The number of rotatable bonds is 5. The van der Waals surface area contributed by atoms with E-state index in [4.69, 9.17) is 10.2 Å². The molecule has 0 bridgehead atoms. The first kappa shape index (κ1) is 12.9. The topological polar surface area (TPSA) is 35.5 Å². The summed E-state index contributed by atoms with van der Waals surface area (Å²) >= 11 is 0. The minimum absolute atomic E-state index is 0.00153. The summed E-state index contributed by atoms with van der Waals surface area (Å²) in [6.07, 6.45) is -1.16. The van der Waals surface area contributed by atoms with Crippen molar-refractivity contribution in [3.8, 4) is 0 Å². The second-order valence-electron chi connectivity index (χ2n) is 5.68. The Morgan fingerprint density at radius 3 is 2.00 bits per heavy atom. The molecular weight excluding hydrogens is 224 g/mol. The highest BCUT2D eigenvalue weighted by atomic mass is 28.4. The van der Waals surface area contributed by atoms with Gasteiger partial charge in [-0.2, -0.15) is 0 Å². The Balaban J connectivity index is 4.32. The molecule has 0 aliphatic rings. The van der Waals surface area contributed by atoms with Gasteiger partial charge in [0.15, 0.2) is 8.32 Å². The second-order valence-corrected chi connectivity index (χ2v) is 14.5. The molecule has 0 aromatic rings. The van der Waals surface area contributed by atoms with Crippen LogP contribution < -0.4 is 0 Å². The van der Waals surface area contributed by atoms with Crippen LogP contribution in [0.25, 0.3) is 0 Å². The van der Waals surface area contributed by atoms with Gasteiger partial charge in [0.05, 0.1) is 13.9 Å². The molecule has 0 amide bonds. The van der Waals surface area contributed by atoms with Crippen molar-refractivity contribution in [2.75, 3.05) is 0 Å². The Kier molecular flexibility index (Phi) is 4.54. The van der Waals surface area contributed by atoms with E-state index in [1.165, 1.54) is 0 Å². The van der Waals surface area contributed by atoms with Crippen LogP contribution in [0.1, 0.15) is 14.7 Å². The molecule has 15 heavy (non-hydrogen) atoms. The van der Waals surface area contributed by atoms with Gasteiger partial charge in [-0.25, -0.2) is 0 Å². The molecule has 0 rings (SSSR count). The maximum Gasteiger partial charge on any atom is 0.295 e. The second kappa shape index (κ2) is 5.27. The van der Waals surface area contributed by atoms with Gasteiger partial charge in [0.2, 0.25) is 8.32 Å². The van der Waals surface area contributed by atoms with E-state index in [0.717, 1.165) is 0 Å². The van der Waals surface area contributed by atoms with Gasteiger partial charge in [-0.15, -0.1) is 0 Å². The summed E-state index contributed by atoms with van der Waals surface area (Å²) in [5.74, 6) is -0.324. The zero-order valence-corrected chi connectivity index (χ0v) is 12.9. The lowest BCUT2D eigenvalue weighted by Gasteiger charge is -2.24. The third kappa shape index (κ3) is 10.2. The maximum absolute atomic E-state index is 11.6. The summed E-state index contributed by atoms with van der Waals surface area (Å²) in [4.78, 5) is 11.6. The molecule has 0 spiro atoms. The van der Waals surface area contributed by atoms with Gasteiger partial charge in [-0.05, 0) is 46.2 Å². The normalized spacial score (nSPS) is 17.9. The summed E-state index contributed by atoms with van der Waals surface area (Å²) in [5, 5.41) is 0. The molecule has 0 N–H and O–H groups in total. The molecule has 90 valence electrons. The molecule has 5 heteroatoms. The highest BCUT2D eigenvalue weighted by Gasteiger charge is 2.24. The fourth-order valence-corrected chi connectivity index (χ4v) is 3.01. The molecule has 0 saturated heterocycles. The molecule has 0 aliphatic heterocycles. The fourth-order valence-electron chi connectivity index (χ4n) is 1.14. The van der Waals surface area contributed by atoms with E-state index in [1.54, 1.807) is 6.92 Å². The van der Waals surface area contributed by atoms with Gasteiger partial charge in [0.25, 0.3) is 5.97 Å². The molecule has 3 nitrogen and oxygen atoms in total. The summed E-state index contributed by atoms with van der Waals surface area (Å²) in [6, 6.07) is 0. The molecule has 0 heterocycles. The van der Waals surface area contributed by atoms with E-state index in [9.17, 15) is 4.79 Å². The first-order valence-electron chi connectivity index (χ1n) is 5.73. The van der Waals surface area contributed by atoms with E-state index in [-0.39, 0.29) is 12.4 Å². The average Bonchev–Trinajstić information content (AvgIpc) is 1.70. The van der Waals surface area contributed by atoms with Crippen LogP contribution in [0, 0.1) is 0 Å². The zero-order valence-electron chi connectivity index (χ0n) is 11.9. The predicted molar refractivity (Wildman–Crippen MR) is 67.9 cm³/mol. The smallest absolute Gasteiger partial charge is 0.295 e. The monoisotopic (exact) mass is 249 g/mol. The summed E-state index contributed by atoms with van der Waals surface area (Å²) in [6.45, 7) is 13.5. The van der Waals surface area contributed by atoms with Crippen molar-refractivity contribution >= 4 is 22.6 Å². The first-order chi connectivity index (χ1) is 6.81. The van der Waals surface area contributed by atoms with Gasteiger partial charge < -0.3 is 8.85 Å². The predicted octanol–water partition coefficient (Wildman–Crippen LogP) is 2.99. The Morgan fingerprint density at radius 1 is 1.20 bits per heavy atom. The van der Waals surface area contributed by atoms with Crippen molar-refractivity contribution in [2.45, 2.75) is 58.7 Å². The Labute approximate surface area is 96.8 Å². The van der Waals surface area contributed by atoms with Crippen molar-refractivity contribution in [2.24, 2.45) is 0 Å². The van der Waals surface area contributed by atoms with Gasteiger partial charge in [-0.3, -0.25) is 4.79 Å². The van der Waals surface area contributed by atoms with E-state index in [0.29, 0.717) is 0 Å². The number of carbonyl (C=O) groups is 1. The van der Waals surface area contributed by atoms with Crippen LogP contribution in [0.5, 0.6) is 0 Å². The summed E-state index contributed by atoms with van der Waals surface area (Å²) < 4.78 is 18.9. The SMILES string of the molecule is [2H]C(C)(CC(=O)O[Si](C)(C)C)O[Si](C)(C)C. The van der Waals surface area contributed by atoms with Gasteiger partial charge in [-0.1, -0.05) is 0 Å². The van der Waals surface area contributed by atoms with Gasteiger partial charge in [0, 0.05) is 0 Å². The molecule has 0 aromatic heterocycles. The highest BCUT2D eigenvalue weighted by Crippen LogP contribution is 2.12. The molecule has 0 radical (unpaired) electrons. The maximum atomic E-state index is 11.6. The van der Waals surface area contributed by atoms with Gasteiger partial charge in [0.1, 0.15) is 0 Å². The number of carbonyl (C=O) groups excluding carboxylic acids is 1. The average molecular weight is 249 g/mol. The van der Waals surface area contributed by atoms with Gasteiger partial charge >= 0.3 is 0 Å². The third-order valence-electron chi connectivity index (χ3n) is 1.29. The molecule has 0 aliphatic carbocycles. The standard InChI is InChI=1S/C10H24O3Si2/c1-9(12-14(2,3)4)8-10(11)13-15(5,6)7/h9H,8H2,1-7H3/i9D. The molecule has 1 atom stereocenters. The van der Waals surface area contributed by atoms with E-state index >= 15 is 0 Å². The molecule has 1 unspecified atom stereocenters. The Bertz CT molecular complexity index is 254. The Hall–Kier alpha value is -0.136. The van der Waals surface area contributed by atoms with Crippen molar-refractivity contribution < 1.29 is 15.0 Å². The lowest BCUT2D eigenvalue weighted by molar-refractivity contribution is -0.136. The van der Waals surface area contributed by atoms with E-state index < -0.39 is 22.7 Å². The van der Waals surface area contributed by atoms with E-state index in [2.05, 4.69) is 0 Å². The highest BCUT2D eigenvalue weighted by molar-refractivity contribution is 6.71. The molecule has 0 saturated carbocycles. The van der Waals surface area contributed by atoms with Crippen LogP contribution in [-0.4, -0.2) is 28.7 Å². The van der Waals surface area contributed by atoms with Crippen LogP contribution in [0.4, 0.5) is 0 Å². The number of hydrogen-bond acceptors (Lipinski definition) is 3. The quantitative estimate of drug-likeness (QED) is 0.703. The molecule has 0 aromatic carbocycles. The zero-order chi connectivity index (χ0) is 13.2. The largest absolute Gasteiger partial charge is 0.520 e. The van der Waals surface area contributed by atoms with Crippen molar-refractivity contribution in [3.05, 3.63) is 0 Å². The minimum Gasteiger partial charge on any atom is -0.520 e.